The van der Waals surface area contributed by atoms with E-state index in [1.54, 1.807) is 0 Å². The molecule has 0 radical (unpaired) electrons. The van der Waals surface area contributed by atoms with Crippen molar-refractivity contribution in [2.45, 2.75) is 38.2 Å². The molecular weight excluding hydrogens is 196 g/mol. The standard InChI is InChI=1S/C12H17ClO/c1-3-12(14,4-2)11-7-5-10(9-13)6-8-11/h5-8,14H,3-4,9H2,1-2H3. The summed E-state index contributed by atoms with van der Waals surface area (Å²) >= 11 is 5.70. The van der Waals surface area contributed by atoms with Gasteiger partial charge in [0.15, 0.2) is 0 Å². The molecule has 0 atom stereocenters. The summed E-state index contributed by atoms with van der Waals surface area (Å²) in [6.45, 7) is 4.00. The molecule has 78 valence electrons. The van der Waals surface area contributed by atoms with Gasteiger partial charge in [0.25, 0.3) is 0 Å². The maximum absolute atomic E-state index is 10.2. The zero-order valence-electron chi connectivity index (χ0n) is 8.76. The summed E-state index contributed by atoms with van der Waals surface area (Å²) in [7, 11) is 0. The minimum atomic E-state index is -0.676. The molecule has 0 spiro atoms. The Morgan fingerprint density at radius 3 is 2.00 bits per heavy atom. The molecule has 1 nitrogen and oxygen atoms in total. The van der Waals surface area contributed by atoms with Gasteiger partial charge in [0.1, 0.15) is 0 Å². The number of alkyl halides is 1. The van der Waals surface area contributed by atoms with Gasteiger partial charge in [0, 0.05) is 5.88 Å². The third-order valence-electron chi connectivity index (χ3n) is 2.82. The van der Waals surface area contributed by atoms with E-state index in [9.17, 15) is 5.11 Å². The van der Waals surface area contributed by atoms with Crippen LogP contribution in [-0.4, -0.2) is 5.11 Å². The van der Waals surface area contributed by atoms with Gasteiger partial charge in [-0.05, 0) is 24.0 Å². The highest BCUT2D eigenvalue weighted by Gasteiger charge is 2.24. The molecule has 1 rings (SSSR count). The molecule has 0 aliphatic carbocycles. The lowest BCUT2D eigenvalue weighted by Crippen LogP contribution is -2.23. The molecular formula is C12H17ClO. The third kappa shape index (κ3) is 2.28. The third-order valence-corrected chi connectivity index (χ3v) is 3.12. The second kappa shape index (κ2) is 4.81. The molecule has 0 heterocycles. The normalized spacial score (nSPS) is 11.7. The van der Waals surface area contributed by atoms with Crippen molar-refractivity contribution >= 4 is 11.6 Å². The molecule has 0 saturated heterocycles. The zero-order chi connectivity index (χ0) is 10.6. The van der Waals surface area contributed by atoms with Crippen LogP contribution in [0.1, 0.15) is 37.8 Å². The number of rotatable bonds is 4. The second-order valence-corrected chi connectivity index (χ2v) is 3.84. The van der Waals surface area contributed by atoms with Crippen LogP contribution in [-0.2, 0) is 11.5 Å². The number of benzene rings is 1. The van der Waals surface area contributed by atoms with Crippen LogP contribution in [0.4, 0.5) is 0 Å². The van der Waals surface area contributed by atoms with E-state index in [1.165, 1.54) is 0 Å². The van der Waals surface area contributed by atoms with Crippen LogP contribution in [0.25, 0.3) is 0 Å². The van der Waals surface area contributed by atoms with Crippen molar-refractivity contribution in [2.75, 3.05) is 0 Å². The molecule has 1 aromatic rings. The predicted octanol–water partition coefficient (Wildman–Crippen LogP) is 3.43. The van der Waals surface area contributed by atoms with Gasteiger partial charge in [-0.1, -0.05) is 38.1 Å². The van der Waals surface area contributed by atoms with E-state index >= 15 is 0 Å². The Balaban J connectivity index is 2.95. The van der Waals surface area contributed by atoms with Crippen LogP contribution in [0.5, 0.6) is 0 Å². The van der Waals surface area contributed by atoms with Crippen molar-refractivity contribution < 1.29 is 5.11 Å². The fourth-order valence-electron chi connectivity index (χ4n) is 1.56. The van der Waals surface area contributed by atoms with Crippen LogP contribution >= 0.6 is 11.6 Å². The Kier molecular flexibility index (Phi) is 3.97. The highest BCUT2D eigenvalue weighted by molar-refractivity contribution is 6.17. The first kappa shape index (κ1) is 11.5. The number of halogens is 1. The largest absolute Gasteiger partial charge is 0.385 e. The molecule has 0 saturated carbocycles. The number of aliphatic hydroxyl groups is 1. The second-order valence-electron chi connectivity index (χ2n) is 3.57. The summed E-state index contributed by atoms with van der Waals surface area (Å²) in [6, 6.07) is 7.87. The molecule has 2 heteroatoms. The van der Waals surface area contributed by atoms with Crippen molar-refractivity contribution in [1.29, 1.82) is 0 Å². The van der Waals surface area contributed by atoms with E-state index in [-0.39, 0.29) is 0 Å². The maximum Gasteiger partial charge on any atom is 0.0891 e. The molecule has 0 fully saturated rings. The quantitative estimate of drug-likeness (QED) is 0.759. The molecule has 1 aromatic carbocycles. The van der Waals surface area contributed by atoms with E-state index in [1.807, 2.05) is 38.1 Å². The Morgan fingerprint density at radius 1 is 1.14 bits per heavy atom. The molecule has 0 unspecified atom stereocenters. The summed E-state index contributed by atoms with van der Waals surface area (Å²) in [5.74, 6) is 0.525. The topological polar surface area (TPSA) is 20.2 Å². The predicted molar refractivity (Wildman–Crippen MR) is 60.5 cm³/mol. The average molecular weight is 213 g/mol. The maximum atomic E-state index is 10.2. The Bertz CT molecular complexity index is 275. The van der Waals surface area contributed by atoms with Crippen LogP contribution in [0.15, 0.2) is 24.3 Å². The smallest absolute Gasteiger partial charge is 0.0891 e. The summed E-state index contributed by atoms with van der Waals surface area (Å²) in [5, 5.41) is 10.2. The van der Waals surface area contributed by atoms with Gasteiger partial charge >= 0.3 is 0 Å². The molecule has 0 bridgehead atoms. The van der Waals surface area contributed by atoms with Crippen molar-refractivity contribution in [3.05, 3.63) is 35.4 Å². The van der Waals surface area contributed by atoms with E-state index in [0.717, 1.165) is 24.0 Å². The number of hydrogen-bond donors (Lipinski definition) is 1. The summed E-state index contributed by atoms with van der Waals surface area (Å²) in [6.07, 6.45) is 1.48. The first-order chi connectivity index (χ1) is 6.66. The first-order valence-electron chi connectivity index (χ1n) is 5.04. The van der Waals surface area contributed by atoms with Gasteiger partial charge in [0.05, 0.1) is 5.60 Å². The summed E-state index contributed by atoms with van der Waals surface area (Å²) < 4.78 is 0. The van der Waals surface area contributed by atoms with E-state index in [2.05, 4.69) is 0 Å². The van der Waals surface area contributed by atoms with Crippen molar-refractivity contribution in [3.8, 4) is 0 Å². The lowest BCUT2D eigenvalue weighted by Gasteiger charge is -2.25. The van der Waals surface area contributed by atoms with Gasteiger partial charge in [-0.25, -0.2) is 0 Å². The lowest BCUT2D eigenvalue weighted by molar-refractivity contribution is 0.0284. The van der Waals surface area contributed by atoms with Crippen LogP contribution in [0, 0.1) is 0 Å². The van der Waals surface area contributed by atoms with E-state index in [4.69, 9.17) is 11.6 Å². The Labute approximate surface area is 90.7 Å². The minimum Gasteiger partial charge on any atom is -0.385 e. The molecule has 0 aromatic heterocycles. The van der Waals surface area contributed by atoms with Crippen molar-refractivity contribution in [3.63, 3.8) is 0 Å². The van der Waals surface area contributed by atoms with Crippen molar-refractivity contribution in [1.82, 2.24) is 0 Å². The molecule has 0 aliphatic heterocycles. The van der Waals surface area contributed by atoms with Gasteiger partial charge in [-0.3, -0.25) is 0 Å². The highest BCUT2D eigenvalue weighted by Crippen LogP contribution is 2.28. The van der Waals surface area contributed by atoms with E-state index in [0.29, 0.717) is 5.88 Å². The molecule has 0 amide bonds. The fraction of sp³-hybridized carbons (Fsp3) is 0.500. The molecule has 1 N–H and O–H groups in total. The Hall–Kier alpha value is -0.530. The van der Waals surface area contributed by atoms with Gasteiger partial charge in [-0.15, -0.1) is 11.6 Å². The lowest BCUT2D eigenvalue weighted by atomic mass is 9.88. The van der Waals surface area contributed by atoms with Crippen LogP contribution < -0.4 is 0 Å². The van der Waals surface area contributed by atoms with Crippen LogP contribution in [0.2, 0.25) is 0 Å². The van der Waals surface area contributed by atoms with Gasteiger partial charge in [0.2, 0.25) is 0 Å². The summed E-state index contributed by atoms with van der Waals surface area (Å²) in [4.78, 5) is 0. The van der Waals surface area contributed by atoms with Gasteiger partial charge < -0.3 is 5.11 Å². The minimum absolute atomic E-state index is 0.525. The molecule has 14 heavy (non-hydrogen) atoms. The number of hydrogen-bond acceptors (Lipinski definition) is 1. The Morgan fingerprint density at radius 2 is 1.64 bits per heavy atom. The fourth-order valence-corrected chi connectivity index (χ4v) is 1.74. The van der Waals surface area contributed by atoms with Crippen molar-refractivity contribution in [2.24, 2.45) is 0 Å². The monoisotopic (exact) mass is 212 g/mol. The first-order valence-corrected chi connectivity index (χ1v) is 5.57. The molecule has 0 aliphatic rings. The van der Waals surface area contributed by atoms with Crippen LogP contribution in [0.3, 0.4) is 0 Å². The zero-order valence-corrected chi connectivity index (χ0v) is 9.51. The summed E-state index contributed by atoms with van der Waals surface area (Å²) in [5.41, 5.74) is 1.39. The average Bonchev–Trinajstić information content (AvgIpc) is 2.28. The van der Waals surface area contributed by atoms with Gasteiger partial charge in [-0.2, -0.15) is 0 Å². The highest BCUT2D eigenvalue weighted by atomic mass is 35.5. The SMILES string of the molecule is CCC(O)(CC)c1ccc(CCl)cc1. The van der Waals surface area contributed by atoms with E-state index < -0.39 is 5.60 Å².